The van der Waals surface area contributed by atoms with Gasteiger partial charge in [-0.1, -0.05) is 18.2 Å². The molecule has 0 saturated heterocycles. The molecule has 7 heteroatoms. The smallest absolute Gasteiger partial charge is 0.191 e. The van der Waals surface area contributed by atoms with Gasteiger partial charge >= 0.3 is 0 Å². The lowest BCUT2D eigenvalue weighted by Crippen LogP contribution is -2.36. The van der Waals surface area contributed by atoms with Crippen LogP contribution < -0.4 is 24.8 Å². The summed E-state index contributed by atoms with van der Waals surface area (Å²) in [5.41, 5.74) is 1.44. The molecule has 0 amide bonds. The Morgan fingerprint density at radius 2 is 1.46 bits per heavy atom. The zero-order valence-electron chi connectivity index (χ0n) is 15.4. The van der Waals surface area contributed by atoms with Gasteiger partial charge in [-0.05, 0) is 12.1 Å². The molecule has 140 valence electrons. The van der Waals surface area contributed by atoms with E-state index in [-0.39, 0.29) is 5.82 Å². The highest BCUT2D eigenvalue weighted by molar-refractivity contribution is 5.79. The van der Waals surface area contributed by atoms with Gasteiger partial charge in [-0.3, -0.25) is 4.99 Å². The van der Waals surface area contributed by atoms with Crippen LogP contribution in [0, 0.1) is 5.82 Å². The zero-order valence-corrected chi connectivity index (χ0v) is 15.4. The van der Waals surface area contributed by atoms with Gasteiger partial charge < -0.3 is 24.8 Å². The molecule has 0 fully saturated rings. The molecule has 0 aliphatic carbocycles. The molecule has 2 rings (SSSR count). The largest absolute Gasteiger partial charge is 0.496 e. The molecule has 0 aromatic heterocycles. The molecule has 2 N–H and O–H groups in total. The first-order valence-electron chi connectivity index (χ1n) is 8.09. The Morgan fingerprint density at radius 1 is 0.885 bits per heavy atom. The van der Waals surface area contributed by atoms with E-state index in [1.165, 1.54) is 6.07 Å². The van der Waals surface area contributed by atoms with Crippen LogP contribution in [0.5, 0.6) is 17.2 Å². The fourth-order valence-electron chi connectivity index (χ4n) is 2.45. The van der Waals surface area contributed by atoms with E-state index in [9.17, 15) is 4.39 Å². The Balaban J connectivity index is 2.05. The van der Waals surface area contributed by atoms with Crippen LogP contribution >= 0.6 is 0 Å². The van der Waals surface area contributed by atoms with Crippen LogP contribution in [0.1, 0.15) is 11.1 Å². The van der Waals surface area contributed by atoms with Crippen molar-refractivity contribution in [2.24, 2.45) is 4.99 Å². The topological polar surface area (TPSA) is 64.1 Å². The van der Waals surface area contributed by atoms with Crippen molar-refractivity contribution in [1.82, 2.24) is 10.6 Å². The first-order valence-corrected chi connectivity index (χ1v) is 8.09. The predicted molar refractivity (Wildman–Crippen MR) is 99.5 cm³/mol. The zero-order chi connectivity index (χ0) is 18.9. The highest BCUT2D eigenvalue weighted by Gasteiger charge is 2.12. The standard InChI is InChI=1S/C19H24FN3O3/c1-21-19(22-11-13-7-5-6-8-15(13)20)23-12-14-9-17(25-3)18(26-4)10-16(14)24-2/h5-10H,11-12H2,1-4H3,(H2,21,22,23). The minimum absolute atomic E-state index is 0.253. The monoisotopic (exact) mass is 361 g/mol. The van der Waals surface area contributed by atoms with Gasteiger partial charge in [0.25, 0.3) is 0 Å². The molecule has 0 spiro atoms. The molecule has 0 aliphatic rings. The number of rotatable bonds is 7. The fourth-order valence-corrected chi connectivity index (χ4v) is 2.45. The second kappa shape index (κ2) is 9.50. The van der Waals surface area contributed by atoms with Crippen molar-refractivity contribution in [3.8, 4) is 17.2 Å². The third kappa shape index (κ3) is 4.78. The van der Waals surface area contributed by atoms with Crippen LogP contribution in [-0.2, 0) is 13.1 Å². The lowest BCUT2D eigenvalue weighted by atomic mass is 10.1. The third-order valence-corrected chi connectivity index (χ3v) is 3.86. The van der Waals surface area contributed by atoms with Crippen LogP contribution in [0.3, 0.4) is 0 Å². The van der Waals surface area contributed by atoms with E-state index in [2.05, 4.69) is 15.6 Å². The van der Waals surface area contributed by atoms with E-state index >= 15 is 0 Å². The summed E-state index contributed by atoms with van der Waals surface area (Å²) in [4.78, 5) is 4.15. The van der Waals surface area contributed by atoms with Crippen molar-refractivity contribution < 1.29 is 18.6 Å². The Morgan fingerprint density at radius 3 is 2.04 bits per heavy atom. The number of methoxy groups -OCH3 is 3. The molecule has 0 bridgehead atoms. The van der Waals surface area contributed by atoms with Crippen molar-refractivity contribution >= 4 is 5.96 Å². The number of benzene rings is 2. The van der Waals surface area contributed by atoms with Crippen molar-refractivity contribution in [1.29, 1.82) is 0 Å². The third-order valence-electron chi connectivity index (χ3n) is 3.86. The Labute approximate surface area is 153 Å². The summed E-state index contributed by atoms with van der Waals surface area (Å²) < 4.78 is 29.7. The lowest BCUT2D eigenvalue weighted by Gasteiger charge is -2.16. The van der Waals surface area contributed by atoms with Gasteiger partial charge in [0.1, 0.15) is 11.6 Å². The minimum atomic E-state index is -0.253. The van der Waals surface area contributed by atoms with Gasteiger partial charge in [0.05, 0.1) is 21.3 Å². The maximum Gasteiger partial charge on any atom is 0.191 e. The van der Waals surface area contributed by atoms with Crippen molar-refractivity contribution in [2.75, 3.05) is 28.4 Å². The summed E-state index contributed by atoms with van der Waals surface area (Å²) in [7, 11) is 6.40. The summed E-state index contributed by atoms with van der Waals surface area (Å²) in [6.07, 6.45) is 0. The second-order valence-corrected chi connectivity index (χ2v) is 5.39. The number of hydrogen-bond acceptors (Lipinski definition) is 4. The summed E-state index contributed by atoms with van der Waals surface area (Å²) in [6, 6.07) is 10.2. The molecule has 6 nitrogen and oxygen atoms in total. The SMILES string of the molecule is CN=C(NCc1ccccc1F)NCc1cc(OC)c(OC)cc1OC. The molecular weight excluding hydrogens is 337 g/mol. The van der Waals surface area contributed by atoms with Crippen LogP contribution in [0.15, 0.2) is 41.4 Å². The summed E-state index contributed by atoms with van der Waals surface area (Å²) in [5.74, 6) is 2.16. The summed E-state index contributed by atoms with van der Waals surface area (Å²) >= 11 is 0. The Hall–Kier alpha value is -2.96. The highest BCUT2D eigenvalue weighted by atomic mass is 19.1. The molecule has 2 aromatic rings. The van der Waals surface area contributed by atoms with E-state index in [0.29, 0.717) is 41.9 Å². The first-order chi connectivity index (χ1) is 12.6. The second-order valence-electron chi connectivity index (χ2n) is 5.39. The molecular formula is C19H24FN3O3. The Kier molecular flexibility index (Phi) is 7.08. The highest BCUT2D eigenvalue weighted by Crippen LogP contribution is 2.34. The number of hydrogen-bond donors (Lipinski definition) is 2. The molecule has 0 unspecified atom stereocenters. The average Bonchev–Trinajstić information content (AvgIpc) is 2.68. The van der Waals surface area contributed by atoms with Crippen LogP contribution in [0.2, 0.25) is 0 Å². The van der Waals surface area contributed by atoms with Gasteiger partial charge in [0, 0.05) is 37.3 Å². The maximum atomic E-state index is 13.7. The van der Waals surface area contributed by atoms with Crippen LogP contribution in [-0.4, -0.2) is 34.3 Å². The summed E-state index contributed by atoms with van der Waals surface area (Å²) in [5, 5.41) is 6.27. The van der Waals surface area contributed by atoms with Crippen molar-refractivity contribution in [3.05, 3.63) is 53.3 Å². The number of nitrogens with one attached hydrogen (secondary N) is 2. The minimum Gasteiger partial charge on any atom is -0.496 e. The van der Waals surface area contributed by atoms with Gasteiger partial charge in [0.15, 0.2) is 17.5 Å². The van der Waals surface area contributed by atoms with Crippen molar-refractivity contribution in [2.45, 2.75) is 13.1 Å². The van der Waals surface area contributed by atoms with Gasteiger partial charge in [-0.2, -0.15) is 0 Å². The molecule has 0 radical (unpaired) electrons. The predicted octanol–water partition coefficient (Wildman–Crippen LogP) is 2.72. The average molecular weight is 361 g/mol. The molecule has 26 heavy (non-hydrogen) atoms. The summed E-state index contributed by atoms with van der Waals surface area (Å²) in [6.45, 7) is 0.774. The van der Waals surface area contributed by atoms with Gasteiger partial charge in [-0.25, -0.2) is 4.39 Å². The van der Waals surface area contributed by atoms with Crippen LogP contribution in [0.4, 0.5) is 4.39 Å². The number of aliphatic imine (C=N–C) groups is 1. The molecule has 2 aromatic carbocycles. The number of ether oxygens (including phenoxy) is 3. The quantitative estimate of drug-likeness (QED) is 0.586. The van der Waals surface area contributed by atoms with E-state index in [4.69, 9.17) is 14.2 Å². The fraction of sp³-hybridized carbons (Fsp3) is 0.316. The molecule has 0 saturated carbocycles. The van der Waals surface area contributed by atoms with E-state index in [0.717, 1.165) is 5.56 Å². The first kappa shape index (κ1) is 19.4. The number of halogens is 1. The van der Waals surface area contributed by atoms with Gasteiger partial charge in [0.2, 0.25) is 0 Å². The lowest BCUT2D eigenvalue weighted by molar-refractivity contribution is 0.347. The number of guanidine groups is 1. The van der Waals surface area contributed by atoms with E-state index in [1.807, 2.05) is 6.07 Å². The van der Waals surface area contributed by atoms with Gasteiger partial charge in [-0.15, -0.1) is 0 Å². The van der Waals surface area contributed by atoms with Crippen molar-refractivity contribution in [3.63, 3.8) is 0 Å². The Bertz CT molecular complexity index is 766. The maximum absolute atomic E-state index is 13.7. The van der Waals surface area contributed by atoms with E-state index in [1.54, 1.807) is 52.6 Å². The normalized spacial score (nSPS) is 11.0. The molecule has 0 atom stereocenters. The van der Waals surface area contributed by atoms with Crippen LogP contribution in [0.25, 0.3) is 0 Å². The molecule has 0 heterocycles. The molecule has 0 aliphatic heterocycles. The number of nitrogens with zero attached hydrogens (tertiary/aromatic N) is 1. The van der Waals surface area contributed by atoms with E-state index < -0.39 is 0 Å².